The van der Waals surface area contributed by atoms with Crippen LogP contribution in [0.5, 0.6) is 0 Å². The molecule has 1 saturated heterocycles. The Labute approximate surface area is 129 Å². The number of benzene rings is 1. The average Bonchev–Trinajstić information content (AvgIpc) is 2.96. The summed E-state index contributed by atoms with van der Waals surface area (Å²) in [6, 6.07) is 8.71. The van der Waals surface area contributed by atoms with Crippen LogP contribution >= 0.6 is 0 Å². The molecule has 2 aromatic rings. The molecule has 0 unspecified atom stereocenters. The van der Waals surface area contributed by atoms with E-state index in [1.165, 1.54) is 17.8 Å². The van der Waals surface area contributed by atoms with Gasteiger partial charge < -0.3 is 0 Å². The van der Waals surface area contributed by atoms with Crippen molar-refractivity contribution in [2.24, 2.45) is 7.05 Å². The van der Waals surface area contributed by atoms with Crippen LogP contribution in [0, 0.1) is 17.1 Å². The number of aryl methyl sites for hydroxylation is 1. The van der Waals surface area contributed by atoms with E-state index in [2.05, 4.69) is 22.1 Å². The van der Waals surface area contributed by atoms with E-state index in [0.717, 1.165) is 25.9 Å². The Kier molecular flexibility index (Phi) is 4.21. The van der Waals surface area contributed by atoms with Crippen LogP contribution in [0.1, 0.15) is 35.6 Å². The first-order chi connectivity index (χ1) is 10.7. The molecule has 4 nitrogen and oxygen atoms in total. The van der Waals surface area contributed by atoms with Gasteiger partial charge in [0.05, 0.1) is 11.6 Å². The Bertz CT molecular complexity index is 693. The van der Waals surface area contributed by atoms with Crippen LogP contribution in [0.2, 0.25) is 0 Å². The van der Waals surface area contributed by atoms with Gasteiger partial charge in [-0.3, -0.25) is 9.58 Å². The number of halogens is 1. The highest BCUT2D eigenvalue weighted by atomic mass is 19.1. The summed E-state index contributed by atoms with van der Waals surface area (Å²) in [5.41, 5.74) is 2.40. The minimum atomic E-state index is -0.229. The summed E-state index contributed by atoms with van der Waals surface area (Å²) in [7, 11) is 1.98. The molecule has 0 bridgehead atoms. The lowest BCUT2D eigenvalue weighted by Gasteiger charge is -2.32. The van der Waals surface area contributed by atoms with Crippen molar-refractivity contribution in [1.29, 1.82) is 5.26 Å². The molecule has 0 spiro atoms. The molecule has 1 aromatic carbocycles. The molecule has 0 saturated carbocycles. The highest BCUT2D eigenvalue weighted by molar-refractivity contribution is 5.33. The fourth-order valence-corrected chi connectivity index (χ4v) is 3.18. The van der Waals surface area contributed by atoms with Gasteiger partial charge in [-0.05, 0) is 50.2 Å². The molecule has 1 aliphatic rings. The van der Waals surface area contributed by atoms with Crippen LogP contribution in [0.3, 0.4) is 0 Å². The maximum absolute atomic E-state index is 13.9. The number of aromatic nitrogens is 2. The van der Waals surface area contributed by atoms with Gasteiger partial charge in [0.1, 0.15) is 5.82 Å². The molecular weight excluding hydrogens is 279 g/mol. The number of nitrogens with zero attached hydrogens (tertiary/aromatic N) is 4. The average molecular weight is 298 g/mol. The Balaban J connectivity index is 1.63. The number of hydrogen-bond donors (Lipinski definition) is 0. The lowest BCUT2D eigenvalue weighted by molar-refractivity contribution is 0.199. The van der Waals surface area contributed by atoms with Crippen molar-refractivity contribution in [3.05, 3.63) is 53.1 Å². The van der Waals surface area contributed by atoms with Gasteiger partial charge in [0.25, 0.3) is 0 Å². The van der Waals surface area contributed by atoms with Crippen molar-refractivity contribution in [1.82, 2.24) is 14.7 Å². The fourth-order valence-electron chi connectivity index (χ4n) is 3.18. The number of rotatable bonds is 3. The maximum atomic E-state index is 13.9. The zero-order chi connectivity index (χ0) is 15.5. The summed E-state index contributed by atoms with van der Waals surface area (Å²) in [6.45, 7) is 2.44. The van der Waals surface area contributed by atoms with E-state index >= 15 is 0 Å². The number of likely N-dealkylation sites (tertiary alicyclic amines) is 1. The number of hydrogen-bond acceptors (Lipinski definition) is 3. The van der Waals surface area contributed by atoms with Crippen LogP contribution in [0.4, 0.5) is 4.39 Å². The van der Waals surface area contributed by atoms with E-state index in [4.69, 9.17) is 5.26 Å². The maximum Gasteiger partial charge on any atom is 0.127 e. The lowest BCUT2D eigenvalue weighted by atomic mass is 9.93. The van der Waals surface area contributed by atoms with Gasteiger partial charge in [-0.1, -0.05) is 0 Å². The summed E-state index contributed by atoms with van der Waals surface area (Å²) < 4.78 is 15.8. The van der Waals surface area contributed by atoms with E-state index in [1.807, 2.05) is 17.9 Å². The minimum Gasteiger partial charge on any atom is -0.299 e. The lowest BCUT2D eigenvalue weighted by Crippen LogP contribution is -2.33. The molecule has 5 heteroatoms. The van der Waals surface area contributed by atoms with Crippen molar-refractivity contribution < 1.29 is 4.39 Å². The molecule has 1 fully saturated rings. The van der Waals surface area contributed by atoms with Gasteiger partial charge in [0, 0.05) is 37.0 Å². The molecule has 114 valence electrons. The van der Waals surface area contributed by atoms with Crippen LogP contribution in [0.25, 0.3) is 0 Å². The monoisotopic (exact) mass is 298 g/mol. The van der Waals surface area contributed by atoms with E-state index in [9.17, 15) is 4.39 Å². The van der Waals surface area contributed by atoms with E-state index in [1.54, 1.807) is 6.07 Å². The van der Waals surface area contributed by atoms with E-state index in [-0.39, 0.29) is 5.82 Å². The first kappa shape index (κ1) is 14.7. The van der Waals surface area contributed by atoms with Gasteiger partial charge in [-0.25, -0.2) is 4.39 Å². The summed E-state index contributed by atoms with van der Waals surface area (Å²) in [5, 5.41) is 13.2. The second-order valence-corrected chi connectivity index (χ2v) is 5.85. The van der Waals surface area contributed by atoms with Crippen molar-refractivity contribution >= 4 is 0 Å². The third-order valence-electron chi connectivity index (χ3n) is 4.43. The highest BCUT2D eigenvalue weighted by Gasteiger charge is 2.23. The third-order valence-corrected chi connectivity index (χ3v) is 4.43. The topological polar surface area (TPSA) is 44.9 Å². The van der Waals surface area contributed by atoms with Crippen LogP contribution in [-0.2, 0) is 13.6 Å². The molecule has 22 heavy (non-hydrogen) atoms. The largest absolute Gasteiger partial charge is 0.299 e. The summed E-state index contributed by atoms with van der Waals surface area (Å²) in [5.74, 6) is 0.298. The van der Waals surface area contributed by atoms with Gasteiger partial charge >= 0.3 is 0 Å². The van der Waals surface area contributed by atoms with Gasteiger partial charge in [-0.15, -0.1) is 0 Å². The Morgan fingerprint density at radius 2 is 2.09 bits per heavy atom. The van der Waals surface area contributed by atoms with Gasteiger partial charge in [-0.2, -0.15) is 10.4 Å². The quantitative estimate of drug-likeness (QED) is 0.875. The van der Waals surface area contributed by atoms with Crippen LogP contribution in [-0.4, -0.2) is 27.8 Å². The second-order valence-electron chi connectivity index (χ2n) is 5.85. The molecule has 0 radical (unpaired) electrons. The molecule has 0 N–H and O–H groups in total. The van der Waals surface area contributed by atoms with Gasteiger partial charge in [0.2, 0.25) is 0 Å². The van der Waals surface area contributed by atoms with Crippen molar-refractivity contribution in [2.45, 2.75) is 25.3 Å². The van der Waals surface area contributed by atoms with Gasteiger partial charge in [0.15, 0.2) is 0 Å². The SMILES string of the molecule is Cn1nccc1C1CCN(Cc2cc(C#N)ccc2F)CC1. The Morgan fingerprint density at radius 1 is 1.32 bits per heavy atom. The number of piperidine rings is 1. The standard InChI is InChI=1S/C17H19FN4/c1-21-17(4-7-20-21)14-5-8-22(9-6-14)12-15-10-13(11-19)2-3-16(15)18/h2-4,7,10,14H,5-6,8-9,12H2,1H3. The molecule has 0 aliphatic carbocycles. The fraction of sp³-hybridized carbons (Fsp3) is 0.412. The summed E-state index contributed by atoms with van der Waals surface area (Å²) >= 11 is 0. The molecule has 0 atom stereocenters. The third kappa shape index (κ3) is 3.02. The van der Waals surface area contributed by atoms with Crippen LogP contribution < -0.4 is 0 Å². The predicted octanol–water partition coefficient (Wildman–Crippen LogP) is 2.81. The van der Waals surface area contributed by atoms with E-state index < -0.39 is 0 Å². The Morgan fingerprint density at radius 3 is 2.73 bits per heavy atom. The van der Waals surface area contributed by atoms with Crippen molar-refractivity contribution in [2.75, 3.05) is 13.1 Å². The Hall–Kier alpha value is -2.19. The minimum absolute atomic E-state index is 0.229. The molecule has 1 aromatic heterocycles. The first-order valence-electron chi connectivity index (χ1n) is 7.56. The first-order valence-corrected chi connectivity index (χ1v) is 7.56. The summed E-state index contributed by atoms with van der Waals surface area (Å²) in [6.07, 6.45) is 3.95. The predicted molar refractivity (Wildman–Crippen MR) is 81.6 cm³/mol. The number of nitriles is 1. The smallest absolute Gasteiger partial charge is 0.127 e. The summed E-state index contributed by atoms with van der Waals surface area (Å²) in [4.78, 5) is 2.26. The molecule has 3 rings (SSSR count). The van der Waals surface area contributed by atoms with Crippen molar-refractivity contribution in [3.8, 4) is 6.07 Å². The highest BCUT2D eigenvalue weighted by Crippen LogP contribution is 2.28. The normalized spacial score (nSPS) is 16.6. The van der Waals surface area contributed by atoms with Crippen LogP contribution in [0.15, 0.2) is 30.5 Å². The second kappa shape index (κ2) is 6.29. The zero-order valence-corrected chi connectivity index (χ0v) is 12.7. The molecule has 0 amide bonds. The molecule has 1 aliphatic heterocycles. The molecule has 2 heterocycles. The van der Waals surface area contributed by atoms with Crippen molar-refractivity contribution in [3.63, 3.8) is 0 Å². The zero-order valence-electron chi connectivity index (χ0n) is 12.7. The van der Waals surface area contributed by atoms with E-state index in [0.29, 0.717) is 23.6 Å². The molecular formula is C17H19FN4.